The number of rotatable bonds is 7. The number of nitrogens with one attached hydrogen (secondary N) is 2. The minimum absolute atomic E-state index is 0.138. The summed E-state index contributed by atoms with van der Waals surface area (Å²) in [4.78, 5) is 16.6. The van der Waals surface area contributed by atoms with Crippen LogP contribution in [0.3, 0.4) is 0 Å². The lowest BCUT2D eigenvalue weighted by atomic mass is 10.1. The van der Waals surface area contributed by atoms with Crippen LogP contribution < -0.4 is 10.6 Å². The van der Waals surface area contributed by atoms with Crippen LogP contribution >= 0.6 is 11.6 Å². The van der Waals surface area contributed by atoms with Gasteiger partial charge in [0.05, 0.1) is 17.4 Å². The monoisotopic (exact) mass is 379 g/mol. The molecule has 0 atom stereocenters. The zero-order valence-corrected chi connectivity index (χ0v) is 16.0. The standard InChI is InChI=1S/C22H22ClN3O/c1-2-16-5-9-20(10-6-16)26-21-13-18(14-24-15-21)22(27)25-12-11-17-3-7-19(23)8-4-17/h3-10,13-15,26H,2,11-12H2,1H3,(H,25,27). The van der Waals surface area contributed by atoms with Crippen molar-refractivity contribution >= 4 is 28.9 Å². The number of aryl methyl sites for hydroxylation is 1. The van der Waals surface area contributed by atoms with Gasteiger partial charge in [-0.05, 0) is 54.3 Å². The molecule has 0 aliphatic rings. The third-order valence-electron chi connectivity index (χ3n) is 4.26. The third-order valence-corrected chi connectivity index (χ3v) is 4.52. The van der Waals surface area contributed by atoms with E-state index in [-0.39, 0.29) is 5.91 Å². The number of amides is 1. The van der Waals surface area contributed by atoms with E-state index in [0.29, 0.717) is 17.1 Å². The van der Waals surface area contributed by atoms with Gasteiger partial charge in [0.2, 0.25) is 0 Å². The molecule has 0 saturated carbocycles. The molecule has 5 heteroatoms. The Morgan fingerprint density at radius 1 is 0.963 bits per heavy atom. The van der Waals surface area contributed by atoms with E-state index in [1.54, 1.807) is 18.5 Å². The Bertz CT molecular complexity index is 892. The Balaban J connectivity index is 1.56. The van der Waals surface area contributed by atoms with Gasteiger partial charge >= 0.3 is 0 Å². The van der Waals surface area contributed by atoms with Gasteiger partial charge in [-0.2, -0.15) is 0 Å². The van der Waals surface area contributed by atoms with Gasteiger partial charge in [-0.1, -0.05) is 42.8 Å². The van der Waals surface area contributed by atoms with Crippen LogP contribution in [0, 0.1) is 0 Å². The number of aromatic nitrogens is 1. The average molecular weight is 380 g/mol. The Hall–Kier alpha value is -2.85. The smallest absolute Gasteiger partial charge is 0.252 e. The van der Waals surface area contributed by atoms with E-state index in [0.717, 1.165) is 29.8 Å². The molecule has 0 bridgehead atoms. The number of hydrogen-bond donors (Lipinski definition) is 2. The summed E-state index contributed by atoms with van der Waals surface area (Å²) in [5.41, 5.74) is 4.69. The summed E-state index contributed by atoms with van der Waals surface area (Å²) in [5, 5.41) is 6.92. The normalized spacial score (nSPS) is 10.4. The summed E-state index contributed by atoms with van der Waals surface area (Å²) in [6.45, 7) is 2.68. The van der Waals surface area contributed by atoms with Crippen molar-refractivity contribution in [1.82, 2.24) is 10.3 Å². The van der Waals surface area contributed by atoms with Gasteiger partial charge in [0.15, 0.2) is 0 Å². The summed E-state index contributed by atoms with van der Waals surface area (Å²) < 4.78 is 0. The van der Waals surface area contributed by atoms with Gasteiger partial charge in [0.1, 0.15) is 0 Å². The lowest BCUT2D eigenvalue weighted by molar-refractivity contribution is 0.0954. The fourth-order valence-corrected chi connectivity index (χ4v) is 2.82. The molecule has 0 spiro atoms. The van der Waals surface area contributed by atoms with Crippen molar-refractivity contribution in [2.75, 3.05) is 11.9 Å². The fraction of sp³-hybridized carbons (Fsp3) is 0.182. The number of carbonyl (C=O) groups excluding carboxylic acids is 1. The largest absolute Gasteiger partial charge is 0.354 e. The van der Waals surface area contributed by atoms with Crippen molar-refractivity contribution < 1.29 is 4.79 Å². The zero-order chi connectivity index (χ0) is 19.1. The second kappa shape index (κ2) is 9.19. The molecule has 27 heavy (non-hydrogen) atoms. The molecule has 0 aliphatic heterocycles. The van der Waals surface area contributed by atoms with E-state index >= 15 is 0 Å². The van der Waals surface area contributed by atoms with E-state index in [9.17, 15) is 4.79 Å². The van der Waals surface area contributed by atoms with Crippen molar-refractivity contribution in [2.45, 2.75) is 19.8 Å². The van der Waals surface area contributed by atoms with Crippen LogP contribution in [-0.2, 0) is 12.8 Å². The number of halogens is 1. The lowest BCUT2D eigenvalue weighted by Crippen LogP contribution is -2.25. The minimum Gasteiger partial charge on any atom is -0.354 e. The number of hydrogen-bond acceptors (Lipinski definition) is 3. The highest BCUT2D eigenvalue weighted by atomic mass is 35.5. The van der Waals surface area contributed by atoms with Gasteiger partial charge in [-0.3, -0.25) is 9.78 Å². The maximum absolute atomic E-state index is 12.4. The second-order valence-electron chi connectivity index (χ2n) is 6.27. The van der Waals surface area contributed by atoms with Gasteiger partial charge in [0, 0.05) is 23.5 Å². The summed E-state index contributed by atoms with van der Waals surface area (Å²) in [6, 6.07) is 17.7. The molecule has 1 heterocycles. The van der Waals surface area contributed by atoms with E-state index < -0.39 is 0 Å². The van der Waals surface area contributed by atoms with Gasteiger partial charge < -0.3 is 10.6 Å². The topological polar surface area (TPSA) is 54.0 Å². The Labute approximate surface area is 164 Å². The first-order valence-electron chi connectivity index (χ1n) is 8.97. The van der Waals surface area contributed by atoms with E-state index in [2.05, 4.69) is 34.7 Å². The Morgan fingerprint density at radius 2 is 1.67 bits per heavy atom. The quantitative estimate of drug-likeness (QED) is 0.606. The van der Waals surface area contributed by atoms with Crippen molar-refractivity contribution in [3.8, 4) is 0 Å². The first kappa shape index (κ1) is 18.9. The predicted molar refractivity (Wildman–Crippen MR) is 111 cm³/mol. The minimum atomic E-state index is -0.138. The number of pyridine rings is 1. The van der Waals surface area contributed by atoms with E-state index in [1.165, 1.54) is 5.56 Å². The Kier molecular flexibility index (Phi) is 6.44. The Morgan fingerprint density at radius 3 is 2.37 bits per heavy atom. The van der Waals surface area contributed by atoms with Gasteiger partial charge in [-0.25, -0.2) is 0 Å². The van der Waals surface area contributed by atoms with E-state index in [4.69, 9.17) is 11.6 Å². The first-order valence-corrected chi connectivity index (χ1v) is 9.35. The predicted octanol–water partition coefficient (Wildman–Crippen LogP) is 5.01. The number of anilines is 2. The molecular formula is C22H22ClN3O. The number of nitrogens with zero attached hydrogens (tertiary/aromatic N) is 1. The number of carbonyl (C=O) groups is 1. The SMILES string of the molecule is CCc1ccc(Nc2cncc(C(=O)NCCc3ccc(Cl)cc3)c2)cc1. The van der Waals surface area contributed by atoms with Crippen LogP contribution in [0.15, 0.2) is 67.0 Å². The van der Waals surface area contributed by atoms with Crippen LogP contribution in [0.2, 0.25) is 5.02 Å². The second-order valence-corrected chi connectivity index (χ2v) is 6.71. The molecule has 0 saturated heterocycles. The summed E-state index contributed by atoms with van der Waals surface area (Å²) in [7, 11) is 0. The molecule has 0 radical (unpaired) electrons. The molecule has 0 unspecified atom stereocenters. The van der Waals surface area contributed by atoms with Crippen LogP contribution in [0.4, 0.5) is 11.4 Å². The average Bonchev–Trinajstić information content (AvgIpc) is 2.70. The van der Waals surface area contributed by atoms with Crippen LogP contribution in [0.5, 0.6) is 0 Å². The van der Waals surface area contributed by atoms with E-state index in [1.807, 2.05) is 36.4 Å². The summed E-state index contributed by atoms with van der Waals surface area (Å²) in [5.74, 6) is -0.138. The lowest BCUT2D eigenvalue weighted by Gasteiger charge is -2.09. The van der Waals surface area contributed by atoms with Crippen LogP contribution in [0.1, 0.15) is 28.4 Å². The highest BCUT2D eigenvalue weighted by Crippen LogP contribution is 2.17. The molecule has 4 nitrogen and oxygen atoms in total. The van der Waals surface area contributed by atoms with Crippen molar-refractivity contribution in [3.05, 3.63) is 88.7 Å². The molecule has 1 amide bonds. The molecule has 2 aromatic carbocycles. The molecular weight excluding hydrogens is 358 g/mol. The van der Waals surface area contributed by atoms with Gasteiger partial charge in [-0.15, -0.1) is 0 Å². The molecule has 1 aromatic heterocycles. The third kappa shape index (κ3) is 5.56. The molecule has 0 aliphatic carbocycles. The van der Waals surface area contributed by atoms with Crippen molar-refractivity contribution in [1.29, 1.82) is 0 Å². The zero-order valence-electron chi connectivity index (χ0n) is 15.2. The first-order chi connectivity index (χ1) is 13.1. The highest BCUT2D eigenvalue weighted by molar-refractivity contribution is 6.30. The van der Waals surface area contributed by atoms with Crippen LogP contribution in [0.25, 0.3) is 0 Å². The maximum atomic E-state index is 12.4. The maximum Gasteiger partial charge on any atom is 0.252 e. The fourth-order valence-electron chi connectivity index (χ4n) is 2.70. The molecule has 138 valence electrons. The highest BCUT2D eigenvalue weighted by Gasteiger charge is 2.07. The molecule has 3 rings (SSSR count). The summed E-state index contributed by atoms with van der Waals surface area (Å²) >= 11 is 5.88. The molecule has 0 fully saturated rings. The molecule has 2 N–H and O–H groups in total. The van der Waals surface area contributed by atoms with Crippen molar-refractivity contribution in [3.63, 3.8) is 0 Å². The molecule has 3 aromatic rings. The number of benzene rings is 2. The summed E-state index contributed by atoms with van der Waals surface area (Å²) in [6.07, 6.45) is 5.03. The van der Waals surface area contributed by atoms with Crippen molar-refractivity contribution in [2.24, 2.45) is 0 Å². The van der Waals surface area contributed by atoms with Gasteiger partial charge in [0.25, 0.3) is 5.91 Å². The van der Waals surface area contributed by atoms with Crippen LogP contribution in [-0.4, -0.2) is 17.4 Å².